The van der Waals surface area contributed by atoms with Gasteiger partial charge in [-0.3, -0.25) is 9.59 Å². The molecule has 2 heterocycles. The number of amides is 2. The minimum Gasteiger partial charge on any atom is -0.348 e. The largest absolute Gasteiger partial charge is 0.348 e. The van der Waals surface area contributed by atoms with E-state index in [9.17, 15) is 9.59 Å². The zero-order valence-corrected chi connectivity index (χ0v) is 14.7. The third-order valence-corrected chi connectivity index (χ3v) is 4.55. The van der Waals surface area contributed by atoms with Gasteiger partial charge in [-0.15, -0.1) is 0 Å². The summed E-state index contributed by atoms with van der Waals surface area (Å²) in [6, 6.07) is 13.0. The molecular weight excluding hydrogens is 314 g/mol. The number of rotatable bonds is 4. The van der Waals surface area contributed by atoms with Gasteiger partial charge in [-0.25, -0.2) is 4.98 Å². The summed E-state index contributed by atoms with van der Waals surface area (Å²) in [7, 11) is 0. The highest BCUT2D eigenvalue weighted by Crippen LogP contribution is 2.27. The zero-order valence-electron chi connectivity index (χ0n) is 14.7. The summed E-state index contributed by atoms with van der Waals surface area (Å²) in [5.74, 6) is -0.409. The molecule has 5 nitrogen and oxygen atoms in total. The molecule has 1 aliphatic heterocycles. The summed E-state index contributed by atoms with van der Waals surface area (Å²) in [5, 5.41) is 2.88. The Hall–Kier alpha value is -2.69. The lowest BCUT2D eigenvalue weighted by Crippen LogP contribution is -2.37. The molecule has 0 bridgehead atoms. The fourth-order valence-electron chi connectivity index (χ4n) is 2.96. The highest BCUT2D eigenvalue weighted by molar-refractivity contribution is 6.06. The Balaban J connectivity index is 1.84. The topological polar surface area (TPSA) is 62.3 Å². The maximum atomic E-state index is 12.9. The number of carbonyl (C=O) groups is 2. The fraction of sp³-hybridized carbons (Fsp3) is 0.350. The Kier molecular flexibility index (Phi) is 5.12. The molecule has 0 spiro atoms. The van der Waals surface area contributed by atoms with Crippen LogP contribution in [0.25, 0.3) is 0 Å². The summed E-state index contributed by atoms with van der Waals surface area (Å²) in [6.07, 6.45) is 2.75. The summed E-state index contributed by atoms with van der Waals surface area (Å²) in [4.78, 5) is 31.3. The van der Waals surface area contributed by atoms with Crippen molar-refractivity contribution in [2.24, 2.45) is 0 Å². The third kappa shape index (κ3) is 3.71. The molecule has 0 saturated carbocycles. The molecule has 3 rings (SSSR count). The molecule has 25 heavy (non-hydrogen) atoms. The second-order valence-corrected chi connectivity index (χ2v) is 6.38. The van der Waals surface area contributed by atoms with Gasteiger partial charge in [0.1, 0.15) is 11.4 Å². The predicted octanol–water partition coefficient (Wildman–Crippen LogP) is 3.20. The number of hydrogen-bond donors (Lipinski definition) is 1. The third-order valence-electron chi connectivity index (χ3n) is 4.55. The van der Waals surface area contributed by atoms with Crippen molar-refractivity contribution < 1.29 is 9.59 Å². The maximum absolute atomic E-state index is 12.9. The Morgan fingerprint density at radius 1 is 1.16 bits per heavy atom. The van der Waals surface area contributed by atoms with Gasteiger partial charge in [0.2, 0.25) is 0 Å². The molecule has 1 aromatic carbocycles. The lowest BCUT2D eigenvalue weighted by Gasteiger charge is -2.29. The summed E-state index contributed by atoms with van der Waals surface area (Å²) < 4.78 is 0. The van der Waals surface area contributed by atoms with Crippen LogP contribution < -0.4 is 10.2 Å². The van der Waals surface area contributed by atoms with Gasteiger partial charge in [0.25, 0.3) is 11.8 Å². The molecule has 1 atom stereocenters. The summed E-state index contributed by atoms with van der Waals surface area (Å²) in [5.41, 5.74) is 2.69. The number of hydrogen-bond acceptors (Lipinski definition) is 3. The van der Waals surface area contributed by atoms with Gasteiger partial charge in [-0.05, 0) is 49.9 Å². The van der Waals surface area contributed by atoms with E-state index in [1.165, 1.54) is 5.56 Å². The fourth-order valence-corrected chi connectivity index (χ4v) is 2.96. The van der Waals surface area contributed by atoms with Gasteiger partial charge in [0.05, 0.1) is 0 Å². The minimum atomic E-state index is -0.247. The molecule has 0 aliphatic carbocycles. The van der Waals surface area contributed by atoms with E-state index in [1.807, 2.05) is 32.0 Å². The van der Waals surface area contributed by atoms with Crippen LogP contribution in [-0.4, -0.2) is 29.4 Å². The number of aryl methyl sites for hydroxylation is 1. The quantitative estimate of drug-likeness (QED) is 0.932. The van der Waals surface area contributed by atoms with E-state index >= 15 is 0 Å². The molecule has 2 aromatic rings. The number of aromatic nitrogens is 1. The maximum Gasteiger partial charge on any atom is 0.276 e. The highest BCUT2D eigenvalue weighted by Gasteiger charge is 2.24. The number of anilines is 1. The van der Waals surface area contributed by atoms with E-state index in [4.69, 9.17) is 0 Å². The van der Waals surface area contributed by atoms with Crippen molar-refractivity contribution in [3.63, 3.8) is 0 Å². The van der Waals surface area contributed by atoms with Crippen molar-refractivity contribution in [2.75, 3.05) is 11.4 Å². The zero-order chi connectivity index (χ0) is 17.8. The Morgan fingerprint density at radius 3 is 2.72 bits per heavy atom. The number of nitrogens with zero attached hydrogens (tertiary/aromatic N) is 2. The number of para-hydroxylation sites is 1. The highest BCUT2D eigenvalue weighted by atomic mass is 16.2. The monoisotopic (exact) mass is 337 g/mol. The lowest BCUT2D eigenvalue weighted by molar-refractivity contribution is 0.0934. The first-order chi connectivity index (χ1) is 12.1. The van der Waals surface area contributed by atoms with E-state index in [1.54, 1.807) is 23.1 Å². The predicted molar refractivity (Wildman–Crippen MR) is 97.9 cm³/mol. The molecule has 0 radical (unpaired) electrons. The molecule has 1 aromatic heterocycles. The number of carbonyl (C=O) groups excluding carboxylic acids is 2. The molecule has 5 heteroatoms. The van der Waals surface area contributed by atoms with Crippen LogP contribution in [0.5, 0.6) is 0 Å². The van der Waals surface area contributed by atoms with Gasteiger partial charge >= 0.3 is 0 Å². The normalized spacial score (nSPS) is 14.6. The molecule has 0 fully saturated rings. The van der Waals surface area contributed by atoms with Crippen molar-refractivity contribution in [1.82, 2.24) is 10.3 Å². The molecule has 1 N–H and O–H groups in total. The Morgan fingerprint density at radius 2 is 1.92 bits per heavy atom. The van der Waals surface area contributed by atoms with Crippen LogP contribution in [-0.2, 0) is 6.42 Å². The molecule has 1 unspecified atom stereocenters. The molecular formula is C20H23N3O2. The van der Waals surface area contributed by atoms with E-state index < -0.39 is 0 Å². The first kappa shape index (κ1) is 17.1. The van der Waals surface area contributed by atoms with Crippen LogP contribution >= 0.6 is 0 Å². The van der Waals surface area contributed by atoms with Gasteiger partial charge in [-0.1, -0.05) is 31.2 Å². The summed E-state index contributed by atoms with van der Waals surface area (Å²) in [6.45, 7) is 4.62. The van der Waals surface area contributed by atoms with Gasteiger partial charge in [-0.2, -0.15) is 0 Å². The van der Waals surface area contributed by atoms with Crippen LogP contribution in [0, 0.1) is 0 Å². The Bertz CT molecular complexity index is 788. The summed E-state index contributed by atoms with van der Waals surface area (Å²) >= 11 is 0. The Labute approximate surface area is 148 Å². The van der Waals surface area contributed by atoms with Crippen molar-refractivity contribution in [3.8, 4) is 0 Å². The van der Waals surface area contributed by atoms with Gasteiger partial charge in [0.15, 0.2) is 0 Å². The van der Waals surface area contributed by atoms with E-state index in [2.05, 4.69) is 16.4 Å². The molecule has 2 amide bonds. The number of nitrogens with one attached hydrogen (secondary N) is 1. The minimum absolute atomic E-state index is 0.0719. The van der Waals surface area contributed by atoms with E-state index in [0.717, 1.165) is 24.9 Å². The first-order valence-corrected chi connectivity index (χ1v) is 8.78. The van der Waals surface area contributed by atoms with Crippen LogP contribution in [0.2, 0.25) is 0 Å². The van der Waals surface area contributed by atoms with E-state index in [0.29, 0.717) is 12.2 Å². The van der Waals surface area contributed by atoms with Gasteiger partial charge < -0.3 is 10.2 Å². The second kappa shape index (κ2) is 7.47. The number of pyridine rings is 1. The van der Waals surface area contributed by atoms with Gasteiger partial charge in [0, 0.05) is 18.3 Å². The average molecular weight is 337 g/mol. The van der Waals surface area contributed by atoms with Crippen LogP contribution in [0.15, 0.2) is 42.5 Å². The number of fused-ring (bicyclic) bond motifs is 1. The molecule has 130 valence electrons. The average Bonchev–Trinajstić information content (AvgIpc) is 2.67. The van der Waals surface area contributed by atoms with Crippen molar-refractivity contribution in [1.29, 1.82) is 0 Å². The molecule has 1 aliphatic rings. The van der Waals surface area contributed by atoms with Crippen LogP contribution in [0.1, 0.15) is 53.2 Å². The van der Waals surface area contributed by atoms with Crippen molar-refractivity contribution >= 4 is 17.5 Å². The second-order valence-electron chi connectivity index (χ2n) is 6.38. The SMILES string of the molecule is CCC(C)NC(=O)c1cccc(C(=O)N2CCCc3ccccc32)n1. The number of benzene rings is 1. The van der Waals surface area contributed by atoms with E-state index in [-0.39, 0.29) is 23.6 Å². The van der Waals surface area contributed by atoms with Crippen LogP contribution in [0.3, 0.4) is 0 Å². The molecule has 0 saturated heterocycles. The van der Waals surface area contributed by atoms with Crippen molar-refractivity contribution in [3.05, 3.63) is 59.4 Å². The van der Waals surface area contributed by atoms with Crippen molar-refractivity contribution in [2.45, 2.75) is 39.2 Å². The van der Waals surface area contributed by atoms with Crippen LogP contribution in [0.4, 0.5) is 5.69 Å². The first-order valence-electron chi connectivity index (χ1n) is 8.78. The smallest absolute Gasteiger partial charge is 0.276 e. The standard InChI is InChI=1S/C20H23N3O2/c1-3-14(2)21-19(24)16-10-6-11-17(22-16)20(25)23-13-7-9-15-8-4-5-12-18(15)23/h4-6,8,10-12,14H,3,7,9,13H2,1-2H3,(H,21,24). The lowest BCUT2D eigenvalue weighted by atomic mass is 10.0.